The number of thiazole rings is 1. The topological polar surface area (TPSA) is 74.8 Å². The molecule has 0 aliphatic carbocycles. The van der Waals surface area contributed by atoms with Crippen molar-refractivity contribution in [2.75, 3.05) is 4.90 Å². The molecule has 0 bridgehead atoms. The first-order valence-electron chi connectivity index (χ1n) is 9.58. The molecule has 4 aromatic rings. The number of thioether (sulfide) groups is 1. The van der Waals surface area contributed by atoms with Crippen molar-refractivity contribution in [3.8, 4) is 11.4 Å². The molecule has 0 fully saturated rings. The van der Waals surface area contributed by atoms with E-state index < -0.39 is 0 Å². The molecule has 1 N–H and O–H groups in total. The quantitative estimate of drug-likeness (QED) is 0.390. The van der Waals surface area contributed by atoms with Gasteiger partial charge in [-0.1, -0.05) is 61.2 Å². The Labute approximate surface area is 183 Å². The molecule has 2 aromatic heterocycles. The van der Waals surface area contributed by atoms with Crippen molar-refractivity contribution in [1.29, 1.82) is 0 Å². The number of hydrogen-bond donors (Lipinski definition) is 1. The fourth-order valence-electron chi connectivity index (χ4n) is 2.95. The molecule has 8 heteroatoms. The summed E-state index contributed by atoms with van der Waals surface area (Å²) >= 11 is 2.97. The van der Waals surface area contributed by atoms with Crippen LogP contribution < -0.4 is 4.90 Å². The zero-order chi connectivity index (χ0) is 20.9. The van der Waals surface area contributed by atoms with Gasteiger partial charge in [-0.15, -0.1) is 16.4 Å². The SMILES string of the molecule is CCc1ccc(N(C(C)=O)c2nc(CSc3n[nH]c(-c4ccccc4)n3)cs2)cc1. The molecular formula is C22H21N5OS2. The summed E-state index contributed by atoms with van der Waals surface area (Å²) in [6.07, 6.45) is 0.964. The summed E-state index contributed by atoms with van der Waals surface area (Å²) in [6.45, 7) is 3.67. The first-order valence-corrected chi connectivity index (χ1v) is 11.4. The number of rotatable bonds is 7. The van der Waals surface area contributed by atoms with Crippen LogP contribution in [-0.4, -0.2) is 26.1 Å². The Morgan fingerprint density at radius 2 is 1.87 bits per heavy atom. The van der Waals surface area contributed by atoms with Crippen molar-refractivity contribution < 1.29 is 4.79 Å². The maximum Gasteiger partial charge on any atom is 0.230 e. The minimum Gasteiger partial charge on any atom is -0.274 e. The third-order valence-corrected chi connectivity index (χ3v) is 6.27. The number of carbonyl (C=O) groups excluding carboxylic acids is 1. The Bertz CT molecular complexity index is 1120. The first kappa shape index (κ1) is 20.3. The smallest absolute Gasteiger partial charge is 0.230 e. The number of benzene rings is 2. The molecule has 0 atom stereocenters. The highest BCUT2D eigenvalue weighted by molar-refractivity contribution is 7.98. The molecule has 152 valence electrons. The standard InChI is InChI=1S/C22H21N5OS2/c1-3-16-9-11-19(12-10-16)27(15(2)28)22-23-18(14-30-22)13-29-21-24-20(25-26-21)17-7-5-4-6-8-17/h4-12,14H,3,13H2,1-2H3,(H,24,25,26). The van der Waals surface area contributed by atoms with Crippen LogP contribution in [0.4, 0.5) is 10.8 Å². The summed E-state index contributed by atoms with van der Waals surface area (Å²) in [5.41, 5.74) is 3.95. The number of aromatic amines is 1. The number of carbonyl (C=O) groups is 1. The van der Waals surface area contributed by atoms with Gasteiger partial charge >= 0.3 is 0 Å². The van der Waals surface area contributed by atoms with Crippen molar-refractivity contribution in [2.45, 2.75) is 31.2 Å². The van der Waals surface area contributed by atoms with Gasteiger partial charge in [0.1, 0.15) is 0 Å². The van der Waals surface area contributed by atoms with Gasteiger partial charge in [-0.05, 0) is 24.1 Å². The Morgan fingerprint density at radius 1 is 1.10 bits per heavy atom. The number of amides is 1. The van der Waals surface area contributed by atoms with E-state index in [-0.39, 0.29) is 5.91 Å². The lowest BCUT2D eigenvalue weighted by atomic mass is 10.1. The number of nitrogens with zero attached hydrogens (tertiary/aromatic N) is 4. The summed E-state index contributed by atoms with van der Waals surface area (Å²) in [6, 6.07) is 17.9. The van der Waals surface area contributed by atoms with E-state index in [2.05, 4.69) is 27.1 Å². The Hall–Kier alpha value is -2.97. The van der Waals surface area contributed by atoms with Crippen molar-refractivity contribution >= 4 is 39.8 Å². The van der Waals surface area contributed by atoms with Gasteiger partial charge in [0, 0.05) is 23.6 Å². The van der Waals surface area contributed by atoms with E-state index in [0.29, 0.717) is 16.0 Å². The van der Waals surface area contributed by atoms with E-state index in [1.54, 1.807) is 11.8 Å². The summed E-state index contributed by atoms with van der Waals surface area (Å²) in [5.74, 6) is 1.31. The van der Waals surface area contributed by atoms with Gasteiger partial charge in [0.15, 0.2) is 11.0 Å². The number of hydrogen-bond acceptors (Lipinski definition) is 6. The molecule has 0 saturated heterocycles. The maximum absolute atomic E-state index is 12.3. The van der Waals surface area contributed by atoms with Crippen LogP contribution in [0.25, 0.3) is 11.4 Å². The Kier molecular flexibility index (Phi) is 6.25. The second kappa shape index (κ2) is 9.23. The van der Waals surface area contributed by atoms with Gasteiger partial charge in [0.25, 0.3) is 0 Å². The molecule has 0 saturated carbocycles. The van der Waals surface area contributed by atoms with Gasteiger partial charge < -0.3 is 0 Å². The highest BCUT2D eigenvalue weighted by atomic mass is 32.2. The normalized spacial score (nSPS) is 10.9. The van der Waals surface area contributed by atoms with E-state index in [1.165, 1.54) is 28.7 Å². The van der Waals surface area contributed by atoms with Crippen LogP contribution in [0.1, 0.15) is 25.1 Å². The lowest BCUT2D eigenvalue weighted by molar-refractivity contribution is -0.115. The van der Waals surface area contributed by atoms with Crippen molar-refractivity contribution in [2.24, 2.45) is 0 Å². The van der Waals surface area contributed by atoms with Gasteiger partial charge in [-0.3, -0.25) is 14.8 Å². The molecule has 2 heterocycles. The van der Waals surface area contributed by atoms with Crippen LogP contribution in [0.5, 0.6) is 0 Å². The second-order valence-corrected chi connectivity index (χ2v) is 8.40. The predicted octanol–water partition coefficient (Wildman–Crippen LogP) is 5.47. The summed E-state index contributed by atoms with van der Waals surface area (Å²) < 4.78 is 0. The van der Waals surface area contributed by atoms with Crippen LogP contribution >= 0.6 is 23.1 Å². The number of aromatic nitrogens is 4. The Morgan fingerprint density at radius 3 is 2.57 bits per heavy atom. The molecule has 30 heavy (non-hydrogen) atoms. The largest absolute Gasteiger partial charge is 0.274 e. The molecule has 6 nitrogen and oxygen atoms in total. The van der Waals surface area contributed by atoms with E-state index in [0.717, 1.165) is 29.2 Å². The van der Waals surface area contributed by atoms with Gasteiger partial charge in [0.05, 0.1) is 11.4 Å². The van der Waals surface area contributed by atoms with Crippen LogP contribution in [0, 0.1) is 0 Å². The highest BCUT2D eigenvalue weighted by Gasteiger charge is 2.18. The van der Waals surface area contributed by atoms with Crippen LogP contribution in [-0.2, 0) is 17.0 Å². The van der Waals surface area contributed by atoms with Crippen LogP contribution in [0.15, 0.2) is 65.1 Å². The minimum absolute atomic E-state index is 0.0609. The maximum atomic E-state index is 12.3. The first-order chi connectivity index (χ1) is 14.6. The molecule has 0 unspecified atom stereocenters. The zero-order valence-corrected chi connectivity index (χ0v) is 18.3. The number of anilines is 2. The number of H-pyrrole nitrogens is 1. The minimum atomic E-state index is -0.0609. The van der Waals surface area contributed by atoms with E-state index in [9.17, 15) is 4.79 Å². The van der Waals surface area contributed by atoms with Crippen molar-refractivity contribution in [1.82, 2.24) is 20.2 Å². The molecule has 0 aliphatic heterocycles. The van der Waals surface area contributed by atoms with E-state index >= 15 is 0 Å². The fraction of sp³-hybridized carbons (Fsp3) is 0.182. The third-order valence-electron chi connectivity index (χ3n) is 4.51. The molecule has 4 rings (SSSR count). The van der Waals surface area contributed by atoms with Crippen LogP contribution in [0.2, 0.25) is 0 Å². The van der Waals surface area contributed by atoms with Gasteiger partial charge in [-0.25, -0.2) is 9.97 Å². The molecule has 0 aliphatic rings. The number of nitrogens with one attached hydrogen (secondary N) is 1. The van der Waals surface area contributed by atoms with E-state index in [1.807, 2.05) is 60.0 Å². The summed E-state index contributed by atoms with van der Waals surface area (Å²) in [4.78, 5) is 23.1. The molecule has 0 spiro atoms. The monoisotopic (exact) mass is 435 g/mol. The predicted molar refractivity (Wildman–Crippen MR) is 122 cm³/mol. The molecule has 1 amide bonds. The average Bonchev–Trinajstić information content (AvgIpc) is 3.43. The van der Waals surface area contributed by atoms with Crippen LogP contribution in [0.3, 0.4) is 0 Å². The third kappa shape index (κ3) is 4.60. The lowest BCUT2D eigenvalue weighted by Gasteiger charge is -2.18. The Balaban J connectivity index is 1.45. The van der Waals surface area contributed by atoms with E-state index in [4.69, 9.17) is 0 Å². The zero-order valence-electron chi connectivity index (χ0n) is 16.7. The highest BCUT2D eigenvalue weighted by Crippen LogP contribution is 2.31. The summed E-state index contributed by atoms with van der Waals surface area (Å²) in [7, 11) is 0. The fourth-order valence-corrected chi connectivity index (χ4v) is 4.63. The molecular weight excluding hydrogens is 414 g/mol. The number of aryl methyl sites for hydroxylation is 1. The lowest BCUT2D eigenvalue weighted by Crippen LogP contribution is -2.22. The average molecular weight is 436 g/mol. The van der Waals surface area contributed by atoms with Crippen molar-refractivity contribution in [3.63, 3.8) is 0 Å². The second-order valence-electron chi connectivity index (χ2n) is 6.62. The molecule has 0 radical (unpaired) electrons. The summed E-state index contributed by atoms with van der Waals surface area (Å²) in [5, 5.41) is 10.6. The molecule has 2 aromatic carbocycles. The van der Waals surface area contributed by atoms with Crippen molar-refractivity contribution in [3.05, 3.63) is 71.2 Å². The van der Waals surface area contributed by atoms with Gasteiger partial charge in [0.2, 0.25) is 11.1 Å². The van der Waals surface area contributed by atoms with Gasteiger partial charge in [-0.2, -0.15) is 0 Å².